The minimum absolute atomic E-state index is 0. The summed E-state index contributed by atoms with van der Waals surface area (Å²) in [5.74, 6) is 0. The molecule has 0 aromatic heterocycles. The molecule has 70 valence electrons. The molecule has 0 radical (unpaired) electrons. The molecule has 0 amide bonds. The van der Waals surface area contributed by atoms with Gasteiger partial charge in [-0.1, -0.05) is 25.7 Å². The Morgan fingerprint density at radius 1 is 0.909 bits per heavy atom. The van der Waals surface area contributed by atoms with Crippen LogP contribution >= 0.6 is 0 Å². The van der Waals surface area contributed by atoms with Gasteiger partial charge in [-0.2, -0.15) is 12.1 Å². The fourth-order valence-corrected chi connectivity index (χ4v) is 1.13. The quantitative estimate of drug-likeness (QED) is 0.606. The molecular formula is C7H17IrN2O. The minimum atomic E-state index is -0.0799. The predicted octanol–water partition coefficient (Wildman–Crippen LogP) is 2.03. The number of rotatable bonds is 0. The van der Waals surface area contributed by atoms with E-state index in [1.165, 1.54) is 12.8 Å². The summed E-state index contributed by atoms with van der Waals surface area (Å²) in [7, 11) is 0. The fraction of sp³-hybridized carbons (Fsp3) is 0.857. The van der Waals surface area contributed by atoms with Gasteiger partial charge < -0.3 is 24.4 Å². The van der Waals surface area contributed by atoms with E-state index in [1.807, 2.05) is 0 Å². The number of nitrogens with one attached hydrogen (secondary N) is 2. The van der Waals surface area contributed by atoms with Gasteiger partial charge in [0, 0.05) is 0 Å². The van der Waals surface area contributed by atoms with E-state index >= 15 is 0 Å². The van der Waals surface area contributed by atoms with Crippen molar-refractivity contribution >= 4 is 0 Å². The Morgan fingerprint density at radius 3 is 1.36 bits per heavy atom. The Morgan fingerprint density at radius 2 is 1.18 bits per heavy atom. The Kier molecular flexibility index (Phi) is 13.8. The van der Waals surface area contributed by atoms with E-state index in [1.54, 1.807) is 0 Å². The summed E-state index contributed by atoms with van der Waals surface area (Å²) >= 11 is 0. The second-order valence-corrected chi connectivity index (χ2v) is 2.50. The van der Waals surface area contributed by atoms with Crippen LogP contribution in [0.5, 0.6) is 0 Å². The second kappa shape index (κ2) is 8.62. The normalized spacial score (nSPS) is 28.9. The van der Waals surface area contributed by atoms with Gasteiger partial charge in [0.2, 0.25) is 0 Å². The molecule has 2 atom stereocenters. The topological polar surface area (TPSA) is 79.1 Å². The van der Waals surface area contributed by atoms with Gasteiger partial charge in [0.1, 0.15) is 0 Å². The van der Waals surface area contributed by atoms with Crippen LogP contribution in [0.3, 0.4) is 0 Å². The van der Waals surface area contributed by atoms with Crippen molar-refractivity contribution in [3.05, 3.63) is 18.9 Å². The first-order valence-corrected chi connectivity index (χ1v) is 3.23. The second-order valence-electron chi connectivity index (χ2n) is 2.50. The molecule has 0 aliphatic heterocycles. The Balaban J connectivity index is -0.000000213. The average Bonchev–Trinajstić information content (AvgIpc) is 1.77. The van der Waals surface area contributed by atoms with Crippen LogP contribution < -0.4 is 0 Å². The van der Waals surface area contributed by atoms with Crippen molar-refractivity contribution < 1.29 is 25.6 Å². The van der Waals surface area contributed by atoms with E-state index in [0.717, 1.165) is 12.8 Å². The average molecular weight is 337 g/mol. The zero-order valence-electron chi connectivity index (χ0n) is 6.82. The van der Waals surface area contributed by atoms with Crippen LogP contribution in [0.4, 0.5) is 0 Å². The van der Waals surface area contributed by atoms with E-state index in [-0.39, 0.29) is 45.1 Å². The van der Waals surface area contributed by atoms with Crippen molar-refractivity contribution in [1.29, 1.82) is 0 Å². The van der Waals surface area contributed by atoms with Crippen LogP contribution in [0.25, 0.3) is 11.5 Å². The first-order valence-electron chi connectivity index (χ1n) is 3.23. The van der Waals surface area contributed by atoms with Gasteiger partial charge in [-0.3, -0.25) is 0 Å². The minimum Gasteiger partial charge on any atom is -0.676 e. The zero-order valence-corrected chi connectivity index (χ0v) is 9.21. The Hall–Kier alpha value is 0.529. The van der Waals surface area contributed by atoms with Crippen molar-refractivity contribution in [2.24, 2.45) is 0 Å². The molecule has 4 N–H and O–H groups in total. The van der Waals surface area contributed by atoms with E-state index in [4.69, 9.17) is 11.5 Å². The first kappa shape index (κ1) is 17.6. The molecule has 3 nitrogen and oxygen atoms in total. The molecule has 0 saturated heterocycles. The molecule has 0 aromatic carbocycles. The standard InChI is InChI=1S/C6H12N2.CH3.Ir.H2O/c7-5-3-1-2-4-6(5)8;;;/h5-8H,1-4H2;1H3;;1H2/q-2;-1;+3;/t5-,6-;;;/m0.../s1. The molecular weight excluding hydrogens is 320 g/mol. The zero-order chi connectivity index (χ0) is 5.98. The van der Waals surface area contributed by atoms with Crippen molar-refractivity contribution in [2.75, 3.05) is 0 Å². The Bertz CT molecular complexity index is 72.8. The molecule has 11 heavy (non-hydrogen) atoms. The predicted molar refractivity (Wildman–Crippen MR) is 44.7 cm³/mol. The molecule has 1 fully saturated rings. The van der Waals surface area contributed by atoms with Gasteiger partial charge in [0.15, 0.2) is 0 Å². The Labute approximate surface area is 82.6 Å². The smallest absolute Gasteiger partial charge is 0.676 e. The van der Waals surface area contributed by atoms with Crippen LogP contribution in [0.2, 0.25) is 0 Å². The molecule has 0 heterocycles. The SMILES string of the molecule is O.[CH3-].[Ir+3].[NH-][C@H]1CCCC[C@@H]1[NH-]. The summed E-state index contributed by atoms with van der Waals surface area (Å²) in [6.07, 6.45) is 4.25. The molecule has 0 aromatic rings. The van der Waals surface area contributed by atoms with Crippen molar-refractivity contribution in [2.45, 2.75) is 37.8 Å². The van der Waals surface area contributed by atoms with E-state index in [0.29, 0.717) is 0 Å². The van der Waals surface area contributed by atoms with Crippen LogP contribution in [-0.4, -0.2) is 17.6 Å². The van der Waals surface area contributed by atoms with E-state index in [9.17, 15) is 0 Å². The third-order valence-electron chi connectivity index (χ3n) is 1.77. The third-order valence-corrected chi connectivity index (χ3v) is 1.77. The summed E-state index contributed by atoms with van der Waals surface area (Å²) in [6.45, 7) is 0. The van der Waals surface area contributed by atoms with Gasteiger partial charge in [-0.05, 0) is 0 Å². The first-order chi connectivity index (χ1) is 3.80. The molecule has 1 saturated carbocycles. The summed E-state index contributed by atoms with van der Waals surface area (Å²) in [6, 6.07) is -0.160. The van der Waals surface area contributed by atoms with Crippen molar-refractivity contribution in [3.63, 3.8) is 0 Å². The number of hydrogen-bond acceptors (Lipinski definition) is 0. The van der Waals surface area contributed by atoms with E-state index < -0.39 is 0 Å². The van der Waals surface area contributed by atoms with Gasteiger partial charge in [-0.25, -0.2) is 0 Å². The third kappa shape index (κ3) is 5.76. The van der Waals surface area contributed by atoms with Crippen molar-refractivity contribution in [1.82, 2.24) is 0 Å². The molecule has 1 aliphatic carbocycles. The van der Waals surface area contributed by atoms with Crippen LogP contribution in [0.1, 0.15) is 25.7 Å². The summed E-state index contributed by atoms with van der Waals surface area (Å²) < 4.78 is 0. The molecule has 1 rings (SSSR count). The van der Waals surface area contributed by atoms with Gasteiger partial charge in [0.05, 0.1) is 0 Å². The maximum Gasteiger partial charge on any atom is 3.00 e. The monoisotopic (exact) mass is 338 g/mol. The maximum absolute atomic E-state index is 7.29. The molecule has 4 heteroatoms. The summed E-state index contributed by atoms with van der Waals surface area (Å²) in [4.78, 5) is 0. The van der Waals surface area contributed by atoms with Gasteiger partial charge >= 0.3 is 20.1 Å². The molecule has 1 aliphatic rings. The maximum atomic E-state index is 7.29. The fourth-order valence-electron chi connectivity index (χ4n) is 1.13. The van der Waals surface area contributed by atoms with Crippen LogP contribution in [0.15, 0.2) is 0 Å². The molecule has 0 spiro atoms. The largest absolute Gasteiger partial charge is 3.00 e. The van der Waals surface area contributed by atoms with Gasteiger partial charge in [0.25, 0.3) is 0 Å². The molecule has 0 bridgehead atoms. The van der Waals surface area contributed by atoms with E-state index in [2.05, 4.69) is 0 Å². The van der Waals surface area contributed by atoms with Crippen molar-refractivity contribution in [3.8, 4) is 0 Å². The number of hydrogen-bond donors (Lipinski definition) is 0. The summed E-state index contributed by atoms with van der Waals surface area (Å²) in [5.41, 5.74) is 14.6. The van der Waals surface area contributed by atoms with Crippen LogP contribution in [0, 0.1) is 7.43 Å². The molecule has 0 unspecified atom stereocenters. The van der Waals surface area contributed by atoms with Gasteiger partial charge in [-0.15, -0.1) is 0 Å². The van der Waals surface area contributed by atoms with Crippen LogP contribution in [-0.2, 0) is 20.1 Å². The summed E-state index contributed by atoms with van der Waals surface area (Å²) in [5, 5.41) is 0.